The number of hydrogen-bond acceptors (Lipinski definition) is 4. The molecule has 1 fully saturated rings. The lowest BCUT2D eigenvalue weighted by atomic mass is 9.96. The van der Waals surface area contributed by atoms with Gasteiger partial charge in [0.25, 0.3) is 5.91 Å². The zero-order valence-corrected chi connectivity index (χ0v) is 10.9. The number of nitrogens with two attached hydrogens (primary N) is 1. The van der Waals surface area contributed by atoms with Gasteiger partial charge in [-0.3, -0.25) is 19.1 Å². The molecule has 1 aliphatic heterocycles. The molecule has 1 aromatic rings. The molecule has 2 heterocycles. The number of amides is 2. The van der Waals surface area contributed by atoms with Crippen molar-refractivity contribution in [1.82, 2.24) is 14.7 Å². The highest BCUT2D eigenvalue weighted by Crippen LogP contribution is 2.18. The van der Waals surface area contributed by atoms with Gasteiger partial charge in [0.1, 0.15) is 6.54 Å². The van der Waals surface area contributed by atoms with Crippen molar-refractivity contribution in [3.8, 4) is 0 Å². The van der Waals surface area contributed by atoms with E-state index in [-0.39, 0.29) is 24.3 Å². The van der Waals surface area contributed by atoms with E-state index in [2.05, 4.69) is 5.10 Å². The SMILES string of the molecule is NC(=O)C1CCN(C(=O)c2cnn(CC(=O)O)c2)CC1. The molecule has 0 atom stereocenters. The number of aromatic nitrogens is 2. The minimum atomic E-state index is -1.02. The van der Waals surface area contributed by atoms with Crippen molar-refractivity contribution >= 4 is 17.8 Å². The maximum absolute atomic E-state index is 12.2. The molecule has 0 radical (unpaired) electrons. The van der Waals surface area contributed by atoms with Crippen LogP contribution >= 0.6 is 0 Å². The fraction of sp³-hybridized carbons (Fsp3) is 0.500. The molecule has 1 saturated heterocycles. The van der Waals surface area contributed by atoms with Crippen LogP contribution in [0.2, 0.25) is 0 Å². The first-order valence-electron chi connectivity index (χ1n) is 6.30. The van der Waals surface area contributed by atoms with Gasteiger partial charge in [-0.05, 0) is 12.8 Å². The van der Waals surface area contributed by atoms with E-state index in [9.17, 15) is 14.4 Å². The lowest BCUT2D eigenvalue weighted by Crippen LogP contribution is -2.41. The molecule has 0 unspecified atom stereocenters. The number of hydrogen-bond donors (Lipinski definition) is 2. The number of nitrogens with zero attached hydrogens (tertiary/aromatic N) is 3. The zero-order chi connectivity index (χ0) is 14.7. The number of aliphatic carboxylic acids is 1. The number of carboxylic acids is 1. The van der Waals surface area contributed by atoms with Crippen LogP contribution in [0.15, 0.2) is 12.4 Å². The van der Waals surface area contributed by atoms with Gasteiger partial charge in [-0.25, -0.2) is 0 Å². The first-order chi connectivity index (χ1) is 9.47. The van der Waals surface area contributed by atoms with Gasteiger partial charge in [-0.15, -0.1) is 0 Å². The van der Waals surface area contributed by atoms with Gasteiger partial charge in [-0.1, -0.05) is 0 Å². The molecule has 3 N–H and O–H groups in total. The first-order valence-corrected chi connectivity index (χ1v) is 6.30. The van der Waals surface area contributed by atoms with E-state index in [0.717, 1.165) is 0 Å². The molecule has 8 nitrogen and oxygen atoms in total. The molecule has 20 heavy (non-hydrogen) atoms. The standard InChI is InChI=1S/C12H16N4O4/c13-11(19)8-1-3-15(4-2-8)12(20)9-5-14-16(6-9)7-10(17)18/h5-6,8H,1-4,7H2,(H2,13,19)(H,17,18). The second kappa shape index (κ2) is 5.72. The van der Waals surface area contributed by atoms with Gasteiger partial charge >= 0.3 is 5.97 Å². The molecule has 0 spiro atoms. The van der Waals surface area contributed by atoms with Gasteiger partial charge < -0.3 is 15.7 Å². The molecule has 108 valence electrons. The van der Waals surface area contributed by atoms with E-state index in [4.69, 9.17) is 10.8 Å². The molecule has 0 aromatic carbocycles. The third kappa shape index (κ3) is 3.14. The lowest BCUT2D eigenvalue weighted by Gasteiger charge is -2.30. The van der Waals surface area contributed by atoms with Crippen LogP contribution in [0.3, 0.4) is 0 Å². The normalized spacial score (nSPS) is 16.1. The number of likely N-dealkylation sites (tertiary alicyclic amines) is 1. The van der Waals surface area contributed by atoms with Crippen molar-refractivity contribution < 1.29 is 19.5 Å². The van der Waals surface area contributed by atoms with Crippen LogP contribution in [-0.4, -0.2) is 50.7 Å². The summed E-state index contributed by atoms with van der Waals surface area (Å²) >= 11 is 0. The van der Waals surface area contributed by atoms with Gasteiger partial charge in [-0.2, -0.15) is 5.10 Å². The number of carbonyl (C=O) groups excluding carboxylic acids is 2. The monoisotopic (exact) mass is 280 g/mol. The Morgan fingerprint density at radius 2 is 2.00 bits per heavy atom. The summed E-state index contributed by atoms with van der Waals surface area (Å²) in [7, 11) is 0. The fourth-order valence-electron chi connectivity index (χ4n) is 2.25. The second-order valence-electron chi connectivity index (χ2n) is 4.79. The molecule has 0 aliphatic carbocycles. The summed E-state index contributed by atoms with van der Waals surface area (Å²) < 4.78 is 1.20. The smallest absolute Gasteiger partial charge is 0.325 e. The van der Waals surface area contributed by atoms with Crippen LogP contribution < -0.4 is 5.73 Å². The largest absolute Gasteiger partial charge is 0.480 e. The minimum Gasteiger partial charge on any atom is -0.480 e. The molecule has 0 bridgehead atoms. The van der Waals surface area contributed by atoms with Gasteiger partial charge in [0.2, 0.25) is 5.91 Å². The van der Waals surface area contributed by atoms with Crippen LogP contribution in [0.4, 0.5) is 0 Å². The molecule has 2 amide bonds. The van der Waals surface area contributed by atoms with E-state index < -0.39 is 5.97 Å². The number of carbonyl (C=O) groups is 3. The van der Waals surface area contributed by atoms with Crippen molar-refractivity contribution in [2.24, 2.45) is 11.7 Å². The van der Waals surface area contributed by atoms with E-state index in [1.165, 1.54) is 17.1 Å². The average molecular weight is 280 g/mol. The minimum absolute atomic E-state index is 0.172. The lowest BCUT2D eigenvalue weighted by molar-refractivity contribution is -0.137. The average Bonchev–Trinajstić information content (AvgIpc) is 2.85. The van der Waals surface area contributed by atoms with Crippen LogP contribution in [0, 0.1) is 5.92 Å². The third-order valence-corrected chi connectivity index (χ3v) is 3.36. The fourth-order valence-corrected chi connectivity index (χ4v) is 2.25. The van der Waals surface area contributed by atoms with Crippen molar-refractivity contribution in [3.63, 3.8) is 0 Å². The molecule has 1 aliphatic rings. The molecule has 8 heteroatoms. The molecule has 0 saturated carbocycles. The maximum atomic E-state index is 12.2. The van der Waals surface area contributed by atoms with E-state index >= 15 is 0 Å². The predicted octanol–water partition coefficient (Wildman–Crippen LogP) is -0.695. The van der Waals surface area contributed by atoms with Crippen molar-refractivity contribution in [2.45, 2.75) is 19.4 Å². The van der Waals surface area contributed by atoms with E-state index in [1.807, 2.05) is 0 Å². The van der Waals surface area contributed by atoms with Crippen LogP contribution in [-0.2, 0) is 16.1 Å². The summed E-state index contributed by atoms with van der Waals surface area (Å²) in [5, 5.41) is 12.5. The Labute approximate surface area is 115 Å². The second-order valence-corrected chi connectivity index (χ2v) is 4.79. The van der Waals surface area contributed by atoms with Gasteiger partial charge in [0.15, 0.2) is 0 Å². The maximum Gasteiger partial charge on any atom is 0.325 e. The number of carboxylic acid groups (broad SMARTS) is 1. The zero-order valence-electron chi connectivity index (χ0n) is 10.9. The third-order valence-electron chi connectivity index (χ3n) is 3.36. The van der Waals surface area contributed by atoms with Crippen molar-refractivity contribution in [3.05, 3.63) is 18.0 Å². The van der Waals surface area contributed by atoms with Crippen molar-refractivity contribution in [2.75, 3.05) is 13.1 Å². The summed E-state index contributed by atoms with van der Waals surface area (Å²) in [5.41, 5.74) is 5.59. The Bertz CT molecular complexity index is 531. The van der Waals surface area contributed by atoms with Gasteiger partial charge in [0.05, 0.1) is 11.8 Å². The van der Waals surface area contributed by atoms with Crippen LogP contribution in [0.25, 0.3) is 0 Å². The predicted molar refractivity (Wildman–Crippen MR) is 67.7 cm³/mol. The Hall–Kier alpha value is -2.38. The molecule has 1 aromatic heterocycles. The highest BCUT2D eigenvalue weighted by Gasteiger charge is 2.27. The Morgan fingerprint density at radius 1 is 1.35 bits per heavy atom. The molecular formula is C12H16N4O4. The molecule has 2 rings (SSSR count). The quantitative estimate of drug-likeness (QED) is 0.756. The van der Waals surface area contributed by atoms with Crippen LogP contribution in [0.1, 0.15) is 23.2 Å². The Kier molecular flexibility index (Phi) is 4.02. The topological polar surface area (TPSA) is 119 Å². The Balaban J connectivity index is 1.96. The van der Waals surface area contributed by atoms with Crippen LogP contribution in [0.5, 0.6) is 0 Å². The number of primary amides is 1. The van der Waals surface area contributed by atoms with Gasteiger partial charge in [0, 0.05) is 25.2 Å². The summed E-state index contributed by atoms with van der Waals surface area (Å²) in [6.45, 7) is 0.657. The van der Waals surface area contributed by atoms with E-state index in [0.29, 0.717) is 31.5 Å². The summed E-state index contributed by atoms with van der Waals surface area (Å²) in [6.07, 6.45) is 3.89. The Morgan fingerprint density at radius 3 is 2.55 bits per heavy atom. The first kappa shape index (κ1) is 14.0. The number of rotatable bonds is 4. The van der Waals surface area contributed by atoms with Crippen molar-refractivity contribution in [1.29, 1.82) is 0 Å². The summed E-state index contributed by atoms with van der Waals surface area (Å²) in [6, 6.07) is 0. The molecular weight excluding hydrogens is 264 g/mol. The summed E-state index contributed by atoms with van der Waals surface area (Å²) in [5.74, 6) is -1.72. The number of piperidine rings is 1. The highest BCUT2D eigenvalue weighted by molar-refractivity contribution is 5.94. The summed E-state index contributed by atoms with van der Waals surface area (Å²) in [4.78, 5) is 35.4. The van der Waals surface area contributed by atoms with E-state index in [1.54, 1.807) is 4.90 Å². The highest BCUT2D eigenvalue weighted by atomic mass is 16.4.